The summed E-state index contributed by atoms with van der Waals surface area (Å²) in [5.41, 5.74) is 6.77. The van der Waals surface area contributed by atoms with E-state index in [2.05, 4.69) is 0 Å². The summed E-state index contributed by atoms with van der Waals surface area (Å²) >= 11 is 0. The van der Waals surface area contributed by atoms with Crippen molar-refractivity contribution in [3.05, 3.63) is 29.3 Å². The zero-order valence-corrected chi connectivity index (χ0v) is 18.0. The van der Waals surface area contributed by atoms with E-state index < -0.39 is 10.0 Å². The molecule has 1 heterocycles. The average molecular weight is 396 g/mol. The van der Waals surface area contributed by atoms with Gasteiger partial charge in [-0.15, -0.1) is 0 Å². The molecule has 7 heteroatoms. The van der Waals surface area contributed by atoms with Crippen LogP contribution in [0.15, 0.2) is 23.1 Å². The van der Waals surface area contributed by atoms with Crippen LogP contribution >= 0.6 is 0 Å². The summed E-state index contributed by atoms with van der Waals surface area (Å²) in [6.45, 7) is 9.28. The Bertz CT molecular complexity index is 790. The number of hydrogen-bond acceptors (Lipinski definition) is 4. The molecule has 1 aliphatic heterocycles. The number of benzene rings is 1. The molecular formula is C20H33N3O3S. The maximum Gasteiger partial charge on any atom is 0.253 e. The van der Waals surface area contributed by atoms with Crippen molar-refractivity contribution in [2.75, 3.05) is 26.7 Å². The number of sulfonamides is 1. The molecule has 1 aliphatic rings. The summed E-state index contributed by atoms with van der Waals surface area (Å²) in [5.74, 6) is -0.183. The highest BCUT2D eigenvalue weighted by atomic mass is 32.2. The Balaban J connectivity index is 2.34. The van der Waals surface area contributed by atoms with Gasteiger partial charge >= 0.3 is 0 Å². The molecule has 1 saturated heterocycles. The van der Waals surface area contributed by atoms with Gasteiger partial charge in [0.15, 0.2) is 0 Å². The third kappa shape index (κ3) is 4.89. The second kappa shape index (κ2) is 8.29. The maximum atomic E-state index is 13.1. The largest absolute Gasteiger partial charge is 0.341 e. The van der Waals surface area contributed by atoms with Gasteiger partial charge in [0.25, 0.3) is 5.91 Å². The minimum Gasteiger partial charge on any atom is -0.341 e. The van der Waals surface area contributed by atoms with E-state index in [0.717, 1.165) is 24.8 Å². The minimum absolute atomic E-state index is 0.0165. The van der Waals surface area contributed by atoms with Crippen molar-refractivity contribution in [1.82, 2.24) is 9.21 Å². The van der Waals surface area contributed by atoms with Gasteiger partial charge in [-0.3, -0.25) is 4.79 Å². The van der Waals surface area contributed by atoms with Crippen LogP contribution in [0.25, 0.3) is 0 Å². The highest BCUT2D eigenvalue weighted by Gasteiger charge is 2.32. The van der Waals surface area contributed by atoms with E-state index in [4.69, 9.17) is 5.73 Å². The predicted molar refractivity (Wildman–Crippen MR) is 108 cm³/mol. The standard InChI is InChI=1S/C20H33N3O3S/c1-15-9-10-17(27(25,26)23-11-7-6-8-16(23)2)12-18(15)19(24)22(5)14-20(3,4)13-21/h9-10,12,16H,6-8,11,13-14,21H2,1-5H3. The van der Waals surface area contributed by atoms with E-state index in [1.54, 1.807) is 28.4 Å². The van der Waals surface area contributed by atoms with Crippen LogP contribution in [0.5, 0.6) is 0 Å². The Kier molecular flexibility index (Phi) is 6.71. The molecule has 1 atom stereocenters. The Labute approximate surface area is 163 Å². The smallest absolute Gasteiger partial charge is 0.253 e. The summed E-state index contributed by atoms with van der Waals surface area (Å²) in [4.78, 5) is 14.8. The van der Waals surface area contributed by atoms with Gasteiger partial charge in [0.2, 0.25) is 10.0 Å². The van der Waals surface area contributed by atoms with Gasteiger partial charge in [0.05, 0.1) is 4.90 Å². The van der Waals surface area contributed by atoms with Crippen LogP contribution in [0.2, 0.25) is 0 Å². The fourth-order valence-corrected chi connectivity index (χ4v) is 5.27. The molecule has 1 unspecified atom stereocenters. The maximum absolute atomic E-state index is 13.1. The van der Waals surface area contributed by atoms with E-state index in [1.165, 1.54) is 6.07 Å². The Morgan fingerprint density at radius 1 is 1.33 bits per heavy atom. The first kappa shape index (κ1) is 21.9. The van der Waals surface area contributed by atoms with E-state index in [0.29, 0.717) is 25.2 Å². The number of rotatable bonds is 6. The molecule has 1 aromatic rings. The Hall–Kier alpha value is -1.44. The van der Waals surface area contributed by atoms with Crippen LogP contribution in [0.3, 0.4) is 0 Å². The Morgan fingerprint density at radius 3 is 2.59 bits per heavy atom. The summed E-state index contributed by atoms with van der Waals surface area (Å²) in [6, 6.07) is 4.83. The van der Waals surface area contributed by atoms with Gasteiger partial charge in [-0.05, 0) is 56.3 Å². The summed E-state index contributed by atoms with van der Waals surface area (Å²) in [6.07, 6.45) is 2.79. The number of aryl methyl sites for hydroxylation is 1. The fourth-order valence-electron chi connectivity index (χ4n) is 3.54. The van der Waals surface area contributed by atoms with Crippen molar-refractivity contribution in [2.24, 2.45) is 11.1 Å². The molecule has 1 aromatic carbocycles. The molecule has 0 aromatic heterocycles. The third-order valence-electron chi connectivity index (χ3n) is 5.35. The number of nitrogens with two attached hydrogens (primary N) is 1. The molecule has 2 rings (SSSR count). The van der Waals surface area contributed by atoms with E-state index >= 15 is 0 Å². The molecule has 152 valence electrons. The first-order valence-electron chi connectivity index (χ1n) is 9.57. The molecule has 6 nitrogen and oxygen atoms in total. The second-order valence-corrected chi connectivity index (χ2v) is 10.4. The molecule has 0 bridgehead atoms. The number of amides is 1. The highest BCUT2D eigenvalue weighted by Crippen LogP contribution is 2.27. The number of hydrogen-bond donors (Lipinski definition) is 1. The van der Waals surface area contributed by atoms with Crippen molar-refractivity contribution in [1.29, 1.82) is 0 Å². The van der Waals surface area contributed by atoms with Gasteiger partial charge in [-0.25, -0.2) is 8.42 Å². The number of carbonyl (C=O) groups excluding carboxylic acids is 1. The topological polar surface area (TPSA) is 83.7 Å². The number of carbonyl (C=O) groups is 1. The quantitative estimate of drug-likeness (QED) is 0.802. The summed E-state index contributed by atoms with van der Waals surface area (Å²) < 4.78 is 27.8. The van der Waals surface area contributed by atoms with Gasteiger partial charge in [-0.1, -0.05) is 26.3 Å². The summed E-state index contributed by atoms with van der Waals surface area (Å²) in [5, 5.41) is 0. The van der Waals surface area contributed by atoms with Crippen LogP contribution in [0, 0.1) is 12.3 Å². The Morgan fingerprint density at radius 2 is 2.00 bits per heavy atom. The van der Waals surface area contributed by atoms with E-state index in [-0.39, 0.29) is 22.3 Å². The third-order valence-corrected chi connectivity index (χ3v) is 7.36. The lowest BCUT2D eigenvalue weighted by atomic mass is 9.93. The molecule has 0 radical (unpaired) electrons. The fraction of sp³-hybridized carbons (Fsp3) is 0.650. The number of piperidine rings is 1. The minimum atomic E-state index is -3.61. The lowest BCUT2D eigenvalue weighted by Gasteiger charge is -2.32. The zero-order valence-electron chi connectivity index (χ0n) is 17.2. The molecule has 2 N–H and O–H groups in total. The lowest BCUT2D eigenvalue weighted by molar-refractivity contribution is 0.0739. The van der Waals surface area contributed by atoms with Gasteiger partial charge in [-0.2, -0.15) is 4.31 Å². The van der Waals surface area contributed by atoms with Crippen LogP contribution in [0.1, 0.15) is 56.0 Å². The molecule has 1 amide bonds. The molecule has 1 fully saturated rings. The SMILES string of the molecule is Cc1ccc(S(=O)(=O)N2CCCCC2C)cc1C(=O)N(C)CC(C)(C)CN. The first-order chi connectivity index (χ1) is 12.5. The molecule has 0 saturated carbocycles. The van der Waals surface area contributed by atoms with Crippen molar-refractivity contribution in [3.63, 3.8) is 0 Å². The van der Waals surface area contributed by atoms with Crippen molar-refractivity contribution in [3.8, 4) is 0 Å². The average Bonchev–Trinajstić information content (AvgIpc) is 2.61. The molecule has 0 spiro atoms. The van der Waals surface area contributed by atoms with Crippen molar-refractivity contribution >= 4 is 15.9 Å². The molecule has 27 heavy (non-hydrogen) atoms. The van der Waals surface area contributed by atoms with Crippen molar-refractivity contribution < 1.29 is 13.2 Å². The second-order valence-electron chi connectivity index (χ2n) is 8.47. The van der Waals surface area contributed by atoms with Crippen LogP contribution in [-0.4, -0.2) is 56.3 Å². The van der Waals surface area contributed by atoms with Gasteiger partial charge in [0, 0.05) is 31.7 Å². The summed E-state index contributed by atoms with van der Waals surface area (Å²) in [7, 11) is -1.88. The molecular weight excluding hydrogens is 362 g/mol. The van der Waals surface area contributed by atoms with Gasteiger partial charge in [0.1, 0.15) is 0 Å². The van der Waals surface area contributed by atoms with Crippen LogP contribution in [0.4, 0.5) is 0 Å². The number of nitrogens with zero attached hydrogens (tertiary/aromatic N) is 2. The van der Waals surface area contributed by atoms with E-state index in [1.807, 2.05) is 27.7 Å². The lowest BCUT2D eigenvalue weighted by Crippen LogP contribution is -2.42. The monoisotopic (exact) mass is 395 g/mol. The van der Waals surface area contributed by atoms with Crippen molar-refractivity contribution in [2.45, 2.75) is 57.9 Å². The van der Waals surface area contributed by atoms with Gasteiger partial charge < -0.3 is 10.6 Å². The molecule has 0 aliphatic carbocycles. The van der Waals surface area contributed by atoms with Crippen LogP contribution in [-0.2, 0) is 10.0 Å². The normalized spacial score (nSPS) is 19.1. The highest BCUT2D eigenvalue weighted by molar-refractivity contribution is 7.89. The zero-order chi connectivity index (χ0) is 20.4. The van der Waals surface area contributed by atoms with Crippen LogP contribution < -0.4 is 5.73 Å². The van der Waals surface area contributed by atoms with E-state index in [9.17, 15) is 13.2 Å². The first-order valence-corrected chi connectivity index (χ1v) is 11.0. The predicted octanol–water partition coefficient (Wildman–Crippen LogP) is 2.62.